The fourth-order valence-corrected chi connectivity index (χ4v) is 4.76. The number of hydrogen-bond acceptors (Lipinski definition) is 3. The minimum atomic E-state index is -0.715. The Morgan fingerprint density at radius 3 is 2.95 bits per heavy atom. The molecule has 0 bridgehead atoms. The van der Waals surface area contributed by atoms with Crippen molar-refractivity contribution in [3.63, 3.8) is 0 Å². The van der Waals surface area contributed by atoms with Crippen molar-refractivity contribution in [2.24, 2.45) is 0 Å². The van der Waals surface area contributed by atoms with Gasteiger partial charge in [-0.1, -0.05) is 18.2 Å². The Morgan fingerprint density at radius 1 is 1.38 bits per heavy atom. The number of nitrogens with zero attached hydrogens (tertiary/aromatic N) is 2. The standard InChI is InChI=1S/C16H13BrN2OS/c1-18-14-6-7-21-15(14)8-16(18,10-20)12-9-19(17)13-5-3-2-4-11(12)13/h2-6,8-10H,7H2,1H3. The highest BCUT2D eigenvalue weighted by Gasteiger charge is 2.45. The minimum absolute atomic E-state index is 0.715. The van der Waals surface area contributed by atoms with Crippen LogP contribution in [0.5, 0.6) is 0 Å². The molecule has 1 aromatic heterocycles. The molecule has 1 unspecified atom stereocenters. The normalized spacial score (nSPS) is 24.2. The summed E-state index contributed by atoms with van der Waals surface area (Å²) < 4.78 is 1.91. The van der Waals surface area contributed by atoms with Crippen molar-refractivity contribution in [3.05, 3.63) is 58.8 Å². The largest absolute Gasteiger partial charge is 0.354 e. The monoisotopic (exact) mass is 360 g/mol. The number of aromatic nitrogens is 1. The number of rotatable bonds is 2. The third kappa shape index (κ3) is 1.64. The van der Waals surface area contributed by atoms with Gasteiger partial charge in [-0.05, 0) is 18.2 Å². The number of hydrogen-bond donors (Lipinski definition) is 0. The molecule has 1 aromatic carbocycles. The van der Waals surface area contributed by atoms with Crippen molar-refractivity contribution in [3.8, 4) is 0 Å². The van der Waals surface area contributed by atoms with E-state index < -0.39 is 5.54 Å². The summed E-state index contributed by atoms with van der Waals surface area (Å²) in [6.07, 6.45) is 7.33. The van der Waals surface area contributed by atoms with E-state index in [0.29, 0.717) is 0 Å². The third-order valence-electron chi connectivity index (χ3n) is 4.31. The number of benzene rings is 1. The van der Waals surface area contributed by atoms with Crippen LogP contribution in [0.1, 0.15) is 5.56 Å². The predicted molar refractivity (Wildman–Crippen MR) is 90.4 cm³/mol. The van der Waals surface area contributed by atoms with E-state index >= 15 is 0 Å². The first-order valence-corrected chi connectivity index (χ1v) is 8.40. The lowest BCUT2D eigenvalue weighted by Crippen LogP contribution is -2.39. The number of thioether (sulfide) groups is 1. The summed E-state index contributed by atoms with van der Waals surface area (Å²) in [6.45, 7) is 0. The molecule has 0 aliphatic carbocycles. The van der Waals surface area contributed by atoms with E-state index in [1.54, 1.807) is 11.8 Å². The molecule has 0 amide bonds. The maximum absolute atomic E-state index is 12.1. The molecule has 4 rings (SSSR count). The van der Waals surface area contributed by atoms with Crippen molar-refractivity contribution in [1.29, 1.82) is 0 Å². The van der Waals surface area contributed by atoms with Gasteiger partial charge in [0.25, 0.3) is 0 Å². The highest BCUT2D eigenvalue weighted by molar-refractivity contribution is 9.08. The fourth-order valence-electron chi connectivity index (χ4n) is 3.19. The van der Waals surface area contributed by atoms with Crippen LogP contribution in [-0.4, -0.2) is 27.6 Å². The lowest BCUT2D eigenvalue weighted by molar-refractivity contribution is -0.114. The van der Waals surface area contributed by atoms with Crippen LogP contribution >= 0.6 is 27.9 Å². The van der Waals surface area contributed by atoms with E-state index in [2.05, 4.69) is 39.3 Å². The molecule has 2 aliphatic heterocycles. The molecular weight excluding hydrogens is 348 g/mol. The molecule has 0 radical (unpaired) electrons. The summed E-state index contributed by atoms with van der Waals surface area (Å²) in [4.78, 5) is 15.4. The topological polar surface area (TPSA) is 25.2 Å². The first-order chi connectivity index (χ1) is 10.2. The summed E-state index contributed by atoms with van der Waals surface area (Å²) in [5, 5.41) is 1.09. The van der Waals surface area contributed by atoms with Crippen molar-refractivity contribution in [1.82, 2.24) is 8.49 Å². The fraction of sp³-hybridized carbons (Fsp3) is 0.188. The number of carbonyl (C=O) groups excluding carboxylic acids is 1. The summed E-state index contributed by atoms with van der Waals surface area (Å²) in [5.74, 6) is 0.987. The Morgan fingerprint density at radius 2 is 2.19 bits per heavy atom. The maximum Gasteiger partial charge on any atom is 0.154 e. The number of halogens is 1. The molecule has 0 spiro atoms. The molecule has 0 saturated carbocycles. The van der Waals surface area contributed by atoms with Crippen molar-refractivity contribution < 1.29 is 4.79 Å². The Balaban J connectivity index is 2.00. The molecule has 3 nitrogen and oxygen atoms in total. The Kier molecular flexibility index (Phi) is 2.84. The van der Waals surface area contributed by atoms with E-state index in [9.17, 15) is 4.79 Å². The molecule has 1 atom stereocenters. The predicted octanol–water partition coefficient (Wildman–Crippen LogP) is 3.65. The van der Waals surface area contributed by atoms with E-state index in [-0.39, 0.29) is 0 Å². The Bertz CT molecular complexity index is 823. The molecule has 0 saturated heterocycles. The van der Waals surface area contributed by atoms with Crippen molar-refractivity contribution in [2.45, 2.75) is 5.54 Å². The van der Waals surface area contributed by atoms with Crippen LogP contribution in [0.4, 0.5) is 0 Å². The summed E-state index contributed by atoms with van der Waals surface area (Å²) in [6, 6.07) is 8.12. The second kappa shape index (κ2) is 4.52. The maximum atomic E-state index is 12.1. The average molecular weight is 361 g/mol. The van der Waals surface area contributed by atoms with Crippen molar-refractivity contribution >= 4 is 45.1 Å². The quantitative estimate of drug-likeness (QED) is 0.764. The van der Waals surface area contributed by atoms with E-state index in [0.717, 1.165) is 28.5 Å². The molecule has 0 fully saturated rings. The van der Waals surface area contributed by atoms with Gasteiger partial charge in [-0.3, -0.25) is 8.39 Å². The number of carbonyl (C=O) groups is 1. The molecular formula is C16H13BrN2OS. The van der Waals surface area contributed by atoms with Crippen LogP contribution < -0.4 is 0 Å². The van der Waals surface area contributed by atoms with Gasteiger partial charge in [-0.25, -0.2) is 0 Å². The van der Waals surface area contributed by atoms with Gasteiger partial charge in [0.2, 0.25) is 0 Å². The zero-order chi connectivity index (χ0) is 14.6. The highest BCUT2D eigenvalue weighted by atomic mass is 79.9. The minimum Gasteiger partial charge on any atom is -0.354 e. The van der Waals surface area contributed by atoms with Gasteiger partial charge in [0.1, 0.15) is 5.54 Å². The van der Waals surface area contributed by atoms with Gasteiger partial charge in [0.05, 0.1) is 21.7 Å². The first kappa shape index (κ1) is 13.2. The Hall–Kier alpha value is -1.46. The zero-order valence-corrected chi connectivity index (χ0v) is 13.8. The number of fused-ring (bicyclic) bond motifs is 2. The van der Waals surface area contributed by atoms with Crippen LogP contribution in [0, 0.1) is 0 Å². The van der Waals surface area contributed by atoms with E-state index in [1.165, 1.54) is 10.6 Å². The lowest BCUT2D eigenvalue weighted by atomic mass is 9.91. The van der Waals surface area contributed by atoms with Gasteiger partial charge < -0.3 is 4.90 Å². The molecule has 3 heterocycles. The van der Waals surface area contributed by atoms with Crippen LogP contribution in [0.25, 0.3) is 10.9 Å². The highest BCUT2D eigenvalue weighted by Crippen LogP contribution is 2.49. The molecule has 21 heavy (non-hydrogen) atoms. The second-order valence-corrected chi connectivity index (χ2v) is 7.11. The average Bonchev–Trinajstić information content (AvgIpc) is 3.15. The Labute approximate surface area is 135 Å². The number of aldehydes is 1. The summed E-state index contributed by atoms with van der Waals surface area (Å²) in [5.41, 5.74) is 2.53. The van der Waals surface area contributed by atoms with Crippen LogP contribution in [0.15, 0.2) is 53.2 Å². The van der Waals surface area contributed by atoms with E-state index in [1.807, 2.05) is 35.0 Å². The number of para-hydroxylation sites is 1. The van der Waals surface area contributed by atoms with Gasteiger partial charge in [0.15, 0.2) is 6.29 Å². The summed E-state index contributed by atoms with van der Waals surface area (Å²) in [7, 11) is 2.00. The van der Waals surface area contributed by atoms with E-state index in [4.69, 9.17) is 0 Å². The third-order valence-corrected chi connectivity index (χ3v) is 5.87. The van der Waals surface area contributed by atoms with Crippen molar-refractivity contribution in [2.75, 3.05) is 12.8 Å². The molecule has 2 aliphatic rings. The summed E-state index contributed by atoms with van der Waals surface area (Å²) >= 11 is 5.33. The molecule has 2 aromatic rings. The SMILES string of the molecule is CN1C2=CCSC2=CC1(C=O)c1cn(Br)c2ccccc12. The second-order valence-electron chi connectivity index (χ2n) is 5.28. The smallest absolute Gasteiger partial charge is 0.154 e. The van der Waals surface area contributed by atoms with Crippen LogP contribution in [0.3, 0.4) is 0 Å². The number of likely N-dealkylation sites (N-methyl/N-ethyl adjacent to an activating group) is 1. The first-order valence-electron chi connectivity index (χ1n) is 6.70. The molecule has 106 valence electrons. The van der Waals surface area contributed by atoms with Gasteiger partial charge in [0, 0.05) is 40.5 Å². The van der Waals surface area contributed by atoms with Gasteiger partial charge in [-0.15, -0.1) is 11.8 Å². The zero-order valence-electron chi connectivity index (χ0n) is 11.4. The van der Waals surface area contributed by atoms with Gasteiger partial charge >= 0.3 is 0 Å². The van der Waals surface area contributed by atoms with Gasteiger partial charge in [-0.2, -0.15) is 0 Å². The molecule has 5 heteroatoms. The molecule has 0 N–H and O–H groups in total. The van der Waals surface area contributed by atoms with Crippen LogP contribution in [-0.2, 0) is 10.3 Å². The lowest BCUT2D eigenvalue weighted by Gasteiger charge is -2.32. The van der Waals surface area contributed by atoms with Crippen LogP contribution in [0.2, 0.25) is 0 Å².